The normalized spacial score (nSPS) is 14.2. The number of hydrogen-bond donors (Lipinski definition) is 2. The Morgan fingerprint density at radius 1 is 1.47 bits per heavy atom. The van der Waals surface area contributed by atoms with E-state index in [1.165, 1.54) is 0 Å². The number of nitrogens with zero attached hydrogens (tertiary/aromatic N) is 2. The van der Waals surface area contributed by atoms with Crippen molar-refractivity contribution in [3.63, 3.8) is 0 Å². The monoisotopic (exact) mass is 213 g/mol. The Bertz CT molecular complexity index is 304. The minimum atomic E-state index is -0.154. The highest BCUT2D eigenvalue weighted by atomic mass is 16.5. The van der Waals surface area contributed by atoms with Crippen molar-refractivity contribution in [1.82, 2.24) is 15.2 Å². The van der Waals surface area contributed by atoms with Gasteiger partial charge in [-0.25, -0.2) is 4.98 Å². The van der Waals surface area contributed by atoms with Gasteiger partial charge in [0, 0.05) is 6.61 Å². The van der Waals surface area contributed by atoms with Gasteiger partial charge in [-0.1, -0.05) is 20.8 Å². The summed E-state index contributed by atoms with van der Waals surface area (Å²) in [7, 11) is 0. The maximum Gasteiger partial charge on any atom is 0.180 e. The van der Waals surface area contributed by atoms with Gasteiger partial charge in [-0.3, -0.25) is 5.10 Å². The van der Waals surface area contributed by atoms with E-state index in [0.29, 0.717) is 18.3 Å². The van der Waals surface area contributed by atoms with Crippen molar-refractivity contribution in [2.45, 2.75) is 40.4 Å². The Morgan fingerprint density at radius 2 is 2.13 bits per heavy atom. The lowest BCUT2D eigenvalue weighted by Gasteiger charge is -2.27. The Labute approximate surface area is 89.9 Å². The third-order valence-corrected chi connectivity index (χ3v) is 2.05. The standard InChI is InChI=1S/C10H19N3O2/c1-5-15-8(10(2,3)4)9-11-7(6-14)12-13-9/h8,14H,5-6H2,1-4H3,(H,11,12,13). The lowest BCUT2D eigenvalue weighted by Crippen LogP contribution is -2.22. The van der Waals surface area contributed by atoms with Gasteiger partial charge in [-0.05, 0) is 12.3 Å². The van der Waals surface area contributed by atoms with E-state index in [2.05, 4.69) is 36.0 Å². The Kier molecular flexibility index (Phi) is 3.82. The lowest BCUT2D eigenvalue weighted by molar-refractivity contribution is -0.0189. The molecule has 0 saturated heterocycles. The largest absolute Gasteiger partial charge is 0.388 e. The van der Waals surface area contributed by atoms with E-state index in [1.807, 2.05) is 6.92 Å². The first-order valence-electron chi connectivity index (χ1n) is 5.12. The highest BCUT2D eigenvalue weighted by Crippen LogP contribution is 2.33. The Hall–Kier alpha value is -0.940. The van der Waals surface area contributed by atoms with E-state index in [-0.39, 0.29) is 18.1 Å². The summed E-state index contributed by atoms with van der Waals surface area (Å²) in [6.07, 6.45) is -0.154. The van der Waals surface area contributed by atoms with E-state index in [1.54, 1.807) is 0 Å². The zero-order valence-electron chi connectivity index (χ0n) is 9.74. The highest BCUT2D eigenvalue weighted by Gasteiger charge is 2.30. The number of aliphatic hydroxyl groups is 1. The fourth-order valence-electron chi connectivity index (χ4n) is 1.38. The maximum atomic E-state index is 8.89. The number of ether oxygens (including phenoxy) is 1. The van der Waals surface area contributed by atoms with E-state index < -0.39 is 0 Å². The number of nitrogens with one attached hydrogen (secondary N) is 1. The first-order valence-corrected chi connectivity index (χ1v) is 5.12. The fourth-order valence-corrected chi connectivity index (χ4v) is 1.38. The SMILES string of the molecule is CCOC(c1n[nH]c(CO)n1)C(C)(C)C. The molecule has 0 spiro atoms. The molecule has 0 radical (unpaired) electrons. The zero-order valence-corrected chi connectivity index (χ0v) is 9.74. The zero-order chi connectivity index (χ0) is 11.5. The lowest BCUT2D eigenvalue weighted by atomic mass is 9.88. The molecule has 2 N–H and O–H groups in total. The molecule has 5 heteroatoms. The summed E-state index contributed by atoms with van der Waals surface area (Å²) >= 11 is 0. The van der Waals surface area contributed by atoms with Crippen LogP contribution in [0.15, 0.2) is 0 Å². The van der Waals surface area contributed by atoms with Crippen LogP contribution in [-0.2, 0) is 11.3 Å². The van der Waals surface area contributed by atoms with Crippen molar-refractivity contribution >= 4 is 0 Å². The highest BCUT2D eigenvalue weighted by molar-refractivity contribution is 4.97. The summed E-state index contributed by atoms with van der Waals surface area (Å²) in [5, 5.41) is 15.6. The van der Waals surface area contributed by atoms with E-state index in [0.717, 1.165) is 0 Å². The van der Waals surface area contributed by atoms with Crippen LogP contribution in [0.5, 0.6) is 0 Å². The molecule has 0 aliphatic carbocycles. The number of H-pyrrole nitrogens is 1. The quantitative estimate of drug-likeness (QED) is 0.793. The molecule has 0 aromatic carbocycles. The molecule has 1 atom stereocenters. The molecule has 5 nitrogen and oxygen atoms in total. The fraction of sp³-hybridized carbons (Fsp3) is 0.800. The first-order chi connectivity index (χ1) is 6.99. The van der Waals surface area contributed by atoms with Crippen LogP contribution >= 0.6 is 0 Å². The smallest absolute Gasteiger partial charge is 0.180 e. The van der Waals surface area contributed by atoms with Crippen molar-refractivity contribution in [2.24, 2.45) is 5.41 Å². The molecule has 1 aromatic rings. The molecule has 0 saturated carbocycles. The molecule has 0 aliphatic rings. The Balaban J connectivity index is 2.88. The predicted molar refractivity (Wildman–Crippen MR) is 56.1 cm³/mol. The van der Waals surface area contributed by atoms with Crippen LogP contribution in [0.3, 0.4) is 0 Å². The second-order valence-corrected chi connectivity index (χ2v) is 4.50. The van der Waals surface area contributed by atoms with Crippen LogP contribution in [0.2, 0.25) is 0 Å². The second-order valence-electron chi connectivity index (χ2n) is 4.50. The van der Waals surface area contributed by atoms with Gasteiger partial charge < -0.3 is 9.84 Å². The summed E-state index contributed by atoms with van der Waals surface area (Å²) in [5.74, 6) is 1.08. The summed E-state index contributed by atoms with van der Waals surface area (Å²) < 4.78 is 5.62. The summed E-state index contributed by atoms with van der Waals surface area (Å²) in [5.41, 5.74) is -0.0646. The molecule has 1 heterocycles. The molecular weight excluding hydrogens is 194 g/mol. The minimum absolute atomic E-state index is 0.0646. The van der Waals surface area contributed by atoms with E-state index in [9.17, 15) is 0 Å². The number of aromatic amines is 1. The molecule has 1 aromatic heterocycles. The van der Waals surface area contributed by atoms with E-state index >= 15 is 0 Å². The van der Waals surface area contributed by atoms with Crippen molar-refractivity contribution in [2.75, 3.05) is 6.61 Å². The van der Waals surface area contributed by atoms with Crippen LogP contribution < -0.4 is 0 Å². The average molecular weight is 213 g/mol. The van der Waals surface area contributed by atoms with Gasteiger partial charge in [-0.15, -0.1) is 0 Å². The number of aliphatic hydroxyl groups excluding tert-OH is 1. The van der Waals surface area contributed by atoms with Gasteiger partial charge in [0.05, 0.1) is 0 Å². The summed E-state index contributed by atoms with van der Waals surface area (Å²) in [6.45, 7) is 8.65. The molecular formula is C10H19N3O2. The third-order valence-electron chi connectivity index (χ3n) is 2.05. The van der Waals surface area contributed by atoms with Crippen molar-refractivity contribution in [1.29, 1.82) is 0 Å². The molecule has 86 valence electrons. The molecule has 15 heavy (non-hydrogen) atoms. The maximum absolute atomic E-state index is 8.89. The molecule has 0 amide bonds. The van der Waals surface area contributed by atoms with Crippen LogP contribution in [-0.4, -0.2) is 26.9 Å². The molecule has 0 fully saturated rings. The van der Waals surface area contributed by atoms with Crippen LogP contribution in [0.1, 0.15) is 45.4 Å². The third kappa shape index (κ3) is 3.00. The molecule has 0 aliphatic heterocycles. The summed E-state index contributed by atoms with van der Waals surface area (Å²) in [6, 6.07) is 0. The Morgan fingerprint density at radius 3 is 2.53 bits per heavy atom. The van der Waals surface area contributed by atoms with Gasteiger partial charge in [0.25, 0.3) is 0 Å². The van der Waals surface area contributed by atoms with Gasteiger partial charge in [-0.2, -0.15) is 5.10 Å². The van der Waals surface area contributed by atoms with Crippen molar-refractivity contribution in [3.8, 4) is 0 Å². The van der Waals surface area contributed by atoms with Gasteiger partial charge >= 0.3 is 0 Å². The van der Waals surface area contributed by atoms with Gasteiger partial charge in [0.1, 0.15) is 18.5 Å². The molecule has 1 rings (SSSR count). The van der Waals surface area contributed by atoms with Crippen LogP contribution in [0.25, 0.3) is 0 Å². The molecule has 1 unspecified atom stereocenters. The topological polar surface area (TPSA) is 71.0 Å². The van der Waals surface area contributed by atoms with Crippen molar-refractivity contribution < 1.29 is 9.84 Å². The molecule has 0 bridgehead atoms. The second kappa shape index (κ2) is 4.72. The predicted octanol–water partition coefficient (Wildman–Crippen LogP) is 1.42. The van der Waals surface area contributed by atoms with Crippen LogP contribution in [0.4, 0.5) is 0 Å². The van der Waals surface area contributed by atoms with Gasteiger partial charge in [0.2, 0.25) is 0 Å². The number of rotatable bonds is 4. The van der Waals surface area contributed by atoms with Gasteiger partial charge in [0.15, 0.2) is 5.82 Å². The summed E-state index contributed by atoms with van der Waals surface area (Å²) in [4.78, 5) is 4.17. The average Bonchev–Trinajstić information content (AvgIpc) is 2.60. The van der Waals surface area contributed by atoms with E-state index in [4.69, 9.17) is 9.84 Å². The van der Waals surface area contributed by atoms with Crippen molar-refractivity contribution in [3.05, 3.63) is 11.6 Å². The van der Waals surface area contributed by atoms with Crippen LogP contribution in [0, 0.1) is 5.41 Å². The first kappa shape index (κ1) is 12.1. The minimum Gasteiger partial charge on any atom is -0.388 e. The number of aromatic nitrogens is 3. The number of hydrogen-bond acceptors (Lipinski definition) is 4.